The SMILES string of the molecule is COC(=O)c1cc(OC)c2c(c1-c1c(COC(=O)COCCOC[Si](C)(CO)OC)cc(OC)c3c1OCO3)OCO2. The highest BCUT2D eigenvalue weighted by molar-refractivity contribution is 6.72. The third-order valence-corrected chi connectivity index (χ3v) is 9.08. The average molecular weight is 611 g/mol. The van der Waals surface area contributed by atoms with E-state index < -0.39 is 20.3 Å². The van der Waals surface area contributed by atoms with Gasteiger partial charge in [-0.2, -0.15) is 0 Å². The molecule has 0 amide bonds. The number of fused-ring (bicyclic) bond motifs is 2. The molecule has 1 atom stereocenters. The number of benzene rings is 2. The van der Waals surface area contributed by atoms with Crippen molar-refractivity contribution >= 4 is 20.3 Å². The Hall–Kier alpha value is -3.76. The van der Waals surface area contributed by atoms with Gasteiger partial charge in [0.15, 0.2) is 23.0 Å². The second-order valence-electron chi connectivity index (χ2n) is 9.31. The minimum absolute atomic E-state index is 0.0665. The maximum Gasteiger partial charge on any atom is 0.338 e. The van der Waals surface area contributed by atoms with E-state index in [0.29, 0.717) is 28.9 Å². The topological polar surface area (TPSA) is 156 Å². The summed E-state index contributed by atoms with van der Waals surface area (Å²) >= 11 is 0. The molecule has 2 aromatic rings. The minimum Gasteiger partial charge on any atom is -0.493 e. The first-order valence-electron chi connectivity index (χ1n) is 12.9. The number of carbonyl (C=O) groups excluding carboxylic acids is 2. The molecule has 0 bridgehead atoms. The molecule has 0 radical (unpaired) electrons. The van der Waals surface area contributed by atoms with Crippen molar-refractivity contribution in [3.63, 3.8) is 0 Å². The predicted octanol–water partition coefficient (Wildman–Crippen LogP) is 1.98. The number of hydrogen-bond acceptors (Lipinski definition) is 14. The maximum absolute atomic E-state index is 13.0. The second-order valence-corrected chi connectivity index (χ2v) is 13.2. The van der Waals surface area contributed by atoms with E-state index in [-0.39, 0.29) is 80.4 Å². The van der Waals surface area contributed by atoms with Gasteiger partial charge in [0.25, 0.3) is 0 Å². The molecule has 0 aliphatic carbocycles. The van der Waals surface area contributed by atoms with Gasteiger partial charge >= 0.3 is 11.9 Å². The molecule has 0 saturated heterocycles. The van der Waals surface area contributed by atoms with Gasteiger partial charge in [0.2, 0.25) is 33.4 Å². The molecule has 4 rings (SSSR count). The van der Waals surface area contributed by atoms with Crippen molar-refractivity contribution in [2.45, 2.75) is 13.2 Å². The molecule has 2 aliphatic rings. The third-order valence-electron chi connectivity index (χ3n) is 6.61. The van der Waals surface area contributed by atoms with E-state index >= 15 is 0 Å². The van der Waals surface area contributed by atoms with E-state index in [9.17, 15) is 14.7 Å². The number of ether oxygens (including phenoxy) is 10. The Morgan fingerprint density at radius 3 is 2.05 bits per heavy atom. The first-order chi connectivity index (χ1) is 20.3. The molecule has 0 spiro atoms. The first-order valence-corrected chi connectivity index (χ1v) is 15.7. The van der Waals surface area contributed by atoms with E-state index in [0.717, 1.165) is 0 Å². The summed E-state index contributed by atoms with van der Waals surface area (Å²) < 4.78 is 60.6. The zero-order valence-electron chi connectivity index (χ0n) is 24.1. The number of hydrogen-bond donors (Lipinski definition) is 1. The smallest absolute Gasteiger partial charge is 0.338 e. The molecule has 42 heavy (non-hydrogen) atoms. The van der Waals surface area contributed by atoms with Gasteiger partial charge < -0.3 is 56.9 Å². The Morgan fingerprint density at radius 1 is 0.857 bits per heavy atom. The number of aliphatic hydroxyl groups is 1. The van der Waals surface area contributed by atoms with Gasteiger partial charge in [-0.05, 0) is 18.7 Å². The predicted molar refractivity (Wildman–Crippen MR) is 146 cm³/mol. The minimum atomic E-state index is -2.30. The number of carbonyl (C=O) groups is 2. The van der Waals surface area contributed by atoms with Crippen molar-refractivity contribution in [3.05, 3.63) is 23.3 Å². The van der Waals surface area contributed by atoms with Gasteiger partial charge in [0, 0.05) is 23.8 Å². The fourth-order valence-corrected chi connectivity index (χ4v) is 5.18. The van der Waals surface area contributed by atoms with E-state index in [1.807, 2.05) is 6.55 Å². The number of esters is 2. The highest BCUT2D eigenvalue weighted by Gasteiger charge is 2.36. The summed E-state index contributed by atoms with van der Waals surface area (Å²) in [5, 5.41) is 9.41. The van der Waals surface area contributed by atoms with Crippen LogP contribution in [0.5, 0.6) is 34.5 Å². The van der Waals surface area contributed by atoms with Crippen LogP contribution >= 0.6 is 0 Å². The van der Waals surface area contributed by atoms with Crippen LogP contribution in [0, 0.1) is 0 Å². The van der Waals surface area contributed by atoms with Gasteiger partial charge in [-0.3, -0.25) is 0 Å². The summed E-state index contributed by atoms with van der Waals surface area (Å²) in [5.74, 6) is 0.371. The monoisotopic (exact) mass is 610 g/mol. The van der Waals surface area contributed by atoms with Gasteiger partial charge in [0.1, 0.15) is 13.2 Å². The summed E-state index contributed by atoms with van der Waals surface area (Å²) in [5.41, 5.74) is 1.18. The fourth-order valence-electron chi connectivity index (χ4n) is 4.27. The lowest BCUT2D eigenvalue weighted by molar-refractivity contribution is -0.150. The van der Waals surface area contributed by atoms with Gasteiger partial charge in [0.05, 0.1) is 52.6 Å². The van der Waals surface area contributed by atoms with Crippen LogP contribution in [0.15, 0.2) is 12.1 Å². The molecule has 2 aliphatic heterocycles. The molecule has 0 aromatic heterocycles. The second kappa shape index (κ2) is 13.9. The zero-order valence-corrected chi connectivity index (χ0v) is 25.1. The Labute approximate surface area is 243 Å². The molecule has 2 heterocycles. The lowest BCUT2D eigenvalue weighted by atomic mass is 9.92. The van der Waals surface area contributed by atoms with Crippen molar-refractivity contribution in [2.24, 2.45) is 0 Å². The molecule has 0 saturated carbocycles. The summed E-state index contributed by atoms with van der Waals surface area (Å²) in [6.07, 6.45) is 0.225. The molecular weight excluding hydrogens is 576 g/mol. The van der Waals surface area contributed by atoms with Crippen LogP contribution in [0.1, 0.15) is 15.9 Å². The summed E-state index contributed by atoms with van der Waals surface area (Å²) in [4.78, 5) is 25.5. The van der Waals surface area contributed by atoms with E-state index in [4.69, 9.17) is 51.8 Å². The Bertz CT molecular complexity index is 1290. The number of methoxy groups -OCH3 is 3. The summed E-state index contributed by atoms with van der Waals surface area (Å²) in [7, 11) is 3.39. The van der Waals surface area contributed by atoms with E-state index in [2.05, 4.69) is 0 Å². The Morgan fingerprint density at radius 2 is 1.45 bits per heavy atom. The van der Waals surface area contributed by atoms with Crippen molar-refractivity contribution in [3.8, 4) is 45.6 Å². The average Bonchev–Trinajstić information content (AvgIpc) is 3.71. The highest BCUT2D eigenvalue weighted by Crippen LogP contribution is 2.56. The van der Waals surface area contributed by atoms with Crippen LogP contribution in [-0.4, -0.2) is 99.7 Å². The Balaban J connectivity index is 1.58. The quantitative estimate of drug-likeness (QED) is 0.177. The maximum atomic E-state index is 13.0. The Kier molecular flexibility index (Phi) is 10.3. The molecule has 1 unspecified atom stereocenters. The number of aliphatic hydroxyl groups excluding tert-OH is 1. The van der Waals surface area contributed by atoms with E-state index in [1.165, 1.54) is 27.4 Å². The van der Waals surface area contributed by atoms with E-state index in [1.54, 1.807) is 13.2 Å². The lowest BCUT2D eigenvalue weighted by Gasteiger charge is -2.22. The normalized spacial score (nSPS) is 14.3. The standard InChI is InChI=1S/C27H34O14Si/c1-31-18-8-16(10-37-20(29)11-35-6-7-36-15-42(5,12-28)34-4)21(25-23(18)38-13-40-25)22-17(27(30)33-3)9-19(32-2)24-26(22)41-14-39-24/h8-9,28H,6-7,10-15H2,1-5H3. The van der Waals surface area contributed by atoms with Crippen LogP contribution in [0.25, 0.3) is 11.1 Å². The molecule has 1 N–H and O–H groups in total. The van der Waals surface area contributed by atoms with Crippen LogP contribution in [0.3, 0.4) is 0 Å². The van der Waals surface area contributed by atoms with Crippen molar-refractivity contribution < 1.29 is 66.5 Å². The third kappa shape index (κ3) is 6.49. The van der Waals surface area contributed by atoms with Gasteiger partial charge in [-0.1, -0.05) is 0 Å². The molecule has 0 fully saturated rings. The van der Waals surface area contributed by atoms with Crippen LogP contribution in [0.2, 0.25) is 6.55 Å². The molecule has 14 nitrogen and oxygen atoms in total. The molecule has 230 valence electrons. The van der Waals surface area contributed by atoms with Crippen molar-refractivity contribution in [1.82, 2.24) is 0 Å². The summed E-state index contributed by atoms with van der Waals surface area (Å²) in [6.45, 7) is 1.40. The number of rotatable bonds is 15. The summed E-state index contributed by atoms with van der Waals surface area (Å²) in [6, 6.07) is 3.10. The van der Waals surface area contributed by atoms with Gasteiger partial charge in [-0.15, -0.1) is 0 Å². The zero-order chi connectivity index (χ0) is 30.3. The lowest BCUT2D eigenvalue weighted by Crippen LogP contribution is -2.44. The van der Waals surface area contributed by atoms with Crippen LogP contribution < -0.4 is 28.4 Å². The van der Waals surface area contributed by atoms with Crippen LogP contribution in [0.4, 0.5) is 0 Å². The van der Waals surface area contributed by atoms with Crippen LogP contribution in [-0.2, 0) is 34.8 Å². The van der Waals surface area contributed by atoms with Crippen molar-refractivity contribution in [1.29, 1.82) is 0 Å². The highest BCUT2D eigenvalue weighted by atomic mass is 28.4. The first kappa shape index (κ1) is 31.2. The van der Waals surface area contributed by atoms with Crippen molar-refractivity contribution in [2.75, 3.05) is 74.3 Å². The molecular formula is C27H34O14Si. The molecule has 2 aromatic carbocycles. The molecule has 15 heteroatoms. The fraction of sp³-hybridized carbons (Fsp3) is 0.481. The van der Waals surface area contributed by atoms with Gasteiger partial charge in [-0.25, -0.2) is 9.59 Å². The largest absolute Gasteiger partial charge is 0.493 e.